The Bertz CT molecular complexity index is 979. The maximum Gasteiger partial charge on any atom is 0.257 e. The van der Waals surface area contributed by atoms with Gasteiger partial charge in [0.05, 0.1) is 11.0 Å². The Labute approximate surface area is 166 Å². The lowest BCUT2D eigenvalue weighted by atomic mass is 10.0. The number of carbonyl (C=O) groups is 2. The van der Waals surface area contributed by atoms with Gasteiger partial charge < -0.3 is 15.6 Å². The van der Waals surface area contributed by atoms with Crippen molar-refractivity contribution in [2.75, 3.05) is 6.54 Å². The molecular formula is C21H22F2N4O2. The first-order valence-electron chi connectivity index (χ1n) is 9.33. The molecule has 6 nitrogen and oxygen atoms in total. The van der Waals surface area contributed by atoms with Gasteiger partial charge in [-0.05, 0) is 30.2 Å². The van der Waals surface area contributed by atoms with E-state index in [1.54, 1.807) is 13.8 Å². The Balaban J connectivity index is 1.61. The maximum absolute atomic E-state index is 13.8. The first kappa shape index (κ1) is 20.4. The van der Waals surface area contributed by atoms with Crippen LogP contribution in [-0.4, -0.2) is 34.4 Å². The highest BCUT2D eigenvalue weighted by atomic mass is 19.1. The summed E-state index contributed by atoms with van der Waals surface area (Å²) in [5.41, 5.74) is 1.05. The number of para-hydroxylation sites is 2. The van der Waals surface area contributed by atoms with Crippen LogP contribution in [-0.2, 0) is 11.2 Å². The number of hydrogen-bond donors (Lipinski definition) is 3. The van der Waals surface area contributed by atoms with Gasteiger partial charge in [0.15, 0.2) is 0 Å². The van der Waals surface area contributed by atoms with Crippen molar-refractivity contribution >= 4 is 22.8 Å². The van der Waals surface area contributed by atoms with Crippen molar-refractivity contribution in [3.05, 3.63) is 65.5 Å². The molecule has 8 heteroatoms. The standard InChI is InChI=1S/C21H22F2N4O2/c1-12(2)19(27-20(28)18-13(22)6-5-7-14(18)23)21(29)24-11-10-17-25-15-8-3-4-9-16(15)26-17/h3-9,12,19H,10-11H2,1-2H3,(H,24,29)(H,25,26)(H,27,28). The van der Waals surface area contributed by atoms with E-state index < -0.39 is 35.1 Å². The highest BCUT2D eigenvalue weighted by molar-refractivity contribution is 5.98. The lowest BCUT2D eigenvalue weighted by molar-refractivity contribution is -0.123. The van der Waals surface area contributed by atoms with Crippen LogP contribution in [0.25, 0.3) is 11.0 Å². The molecule has 0 aliphatic rings. The molecule has 2 aromatic carbocycles. The zero-order valence-corrected chi connectivity index (χ0v) is 16.1. The van der Waals surface area contributed by atoms with E-state index in [1.807, 2.05) is 24.3 Å². The van der Waals surface area contributed by atoms with Crippen molar-refractivity contribution < 1.29 is 18.4 Å². The van der Waals surface area contributed by atoms with Gasteiger partial charge in [-0.1, -0.05) is 32.0 Å². The summed E-state index contributed by atoms with van der Waals surface area (Å²) < 4.78 is 27.6. The molecule has 1 unspecified atom stereocenters. The van der Waals surface area contributed by atoms with Crippen LogP contribution in [0.4, 0.5) is 8.78 Å². The second-order valence-electron chi connectivity index (χ2n) is 7.03. The Kier molecular flexibility index (Phi) is 6.21. The van der Waals surface area contributed by atoms with Crippen molar-refractivity contribution in [2.24, 2.45) is 5.92 Å². The van der Waals surface area contributed by atoms with Crippen LogP contribution in [0.3, 0.4) is 0 Å². The van der Waals surface area contributed by atoms with E-state index in [1.165, 1.54) is 6.07 Å². The summed E-state index contributed by atoms with van der Waals surface area (Å²) in [4.78, 5) is 32.5. The Morgan fingerprint density at radius 3 is 2.41 bits per heavy atom. The number of imidazole rings is 1. The summed E-state index contributed by atoms with van der Waals surface area (Å²) in [6.45, 7) is 3.77. The topological polar surface area (TPSA) is 86.9 Å². The van der Waals surface area contributed by atoms with Crippen LogP contribution in [0, 0.1) is 17.6 Å². The fraction of sp³-hybridized carbons (Fsp3) is 0.286. The third-order valence-corrected chi connectivity index (χ3v) is 4.53. The van der Waals surface area contributed by atoms with Crippen LogP contribution in [0.5, 0.6) is 0 Å². The molecule has 1 atom stereocenters. The van der Waals surface area contributed by atoms with E-state index in [-0.39, 0.29) is 5.92 Å². The normalized spacial score (nSPS) is 12.2. The van der Waals surface area contributed by atoms with Gasteiger partial charge in [0.1, 0.15) is 29.1 Å². The van der Waals surface area contributed by atoms with Crippen LogP contribution in [0.1, 0.15) is 30.0 Å². The van der Waals surface area contributed by atoms with Crippen LogP contribution >= 0.6 is 0 Å². The smallest absolute Gasteiger partial charge is 0.257 e. The molecule has 3 N–H and O–H groups in total. The number of carbonyl (C=O) groups excluding carboxylic acids is 2. The minimum absolute atomic E-state index is 0.278. The molecule has 0 spiro atoms. The lowest BCUT2D eigenvalue weighted by Crippen LogP contribution is -2.50. The summed E-state index contributed by atoms with van der Waals surface area (Å²) in [7, 11) is 0. The van der Waals surface area contributed by atoms with E-state index in [2.05, 4.69) is 20.6 Å². The molecule has 152 valence electrons. The molecule has 0 aliphatic carbocycles. The van der Waals surface area contributed by atoms with Gasteiger partial charge in [0, 0.05) is 13.0 Å². The second-order valence-corrected chi connectivity index (χ2v) is 7.03. The van der Waals surface area contributed by atoms with Gasteiger partial charge in [-0.2, -0.15) is 0 Å². The number of aromatic amines is 1. The molecule has 29 heavy (non-hydrogen) atoms. The van der Waals surface area contributed by atoms with Crippen LogP contribution in [0.15, 0.2) is 42.5 Å². The number of halogens is 2. The maximum atomic E-state index is 13.8. The number of hydrogen-bond acceptors (Lipinski definition) is 3. The molecule has 2 amide bonds. The van der Waals surface area contributed by atoms with Gasteiger partial charge in [-0.25, -0.2) is 13.8 Å². The third kappa shape index (κ3) is 4.77. The number of rotatable bonds is 7. The van der Waals surface area contributed by atoms with Crippen LogP contribution in [0.2, 0.25) is 0 Å². The number of benzene rings is 2. The molecule has 0 saturated carbocycles. The van der Waals surface area contributed by atoms with Crippen molar-refractivity contribution in [2.45, 2.75) is 26.3 Å². The number of H-pyrrole nitrogens is 1. The minimum Gasteiger partial charge on any atom is -0.354 e. The Hall–Kier alpha value is -3.29. The van der Waals surface area contributed by atoms with Crippen LogP contribution < -0.4 is 10.6 Å². The lowest BCUT2D eigenvalue weighted by Gasteiger charge is -2.22. The number of fused-ring (bicyclic) bond motifs is 1. The molecule has 0 bridgehead atoms. The molecule has 3 rings (SSSR count). The predicted molar refractivity (Wildman–Crippen MR) is 105 cm³/mol. The molecule has 1 heterocycles. The van der Waals surface area contributed by atoms with Crippen molar-refractivity contribution in [1.82, 2.24) is 20.6 Å². The molecule has 0 radical (unpaired) electrons. The highest BCUT2D eigenvalue weighted by Crippen LogP contribution is 2.13. The van der Waals surface area contributed by atoms with E-state index >= 15 is 0 Å². The zero-order valence-electron chi connectivity index (χ0n) is 16.1. The summed E-state index contributed by atoms with van der Waals surface area (Å²) in [5, 5.41) is 5.17. The van der Waals surface area contributed by atoms with E-state index in [0.717, 1.165) is 29.0 Å². The van der Waals surface area contributed by atoms with E-state index in [9.17, 15) is 18.4 Å². The van der Waals surface area contributed by atoms with Gasteiger partial charge in [-0.15, -0.1) is 0 Å². The summed E-state index contributed by atoms with van der Waals surface area (Å²) in [6, 6.07) is 9.83. The SMILES string of the molecule is CC(C)C(NC(=O)c1c(F)cccc1F)C(=O)NCCc1nc2ccccc2[nH]1. The molecular weight excluding hydrogens is 378 g/mol. The molecule has 3 aromatic rings. The average Bonchev–Trinajstić information content (AvgIpc) is 3.08. The van der Waals surface area contributed by atoms with Crippen molar-refractivity contribution in [1.29, 1.82) is 0 Å². The molecule has 0 aliphatic heterocycles. The van der Waals surface area contributed by atoms with E-state index in [4.69, 9.17) is 0 Å². The predicted octanol–water partition coefficient (Wildman–Crippen LogP) is 2.95. The van der Waals surface area contributed by atoms with Gasteiger partial charge >= 0.3 is 0 Å². The summed E-state index contributed by atoms with van der Waals surface area (Å²) >= 11 is 0. The first-order valence-corrected chi connectivity index (χ1v) is 9.33. The quantitative estimate of drug-likeness (QED) is 0.570. The van der Waals surface area contributed by atoms with Gasteiger partial charge in [0.25, 0.3) is 5.91 Å². The van der Waals surface area contributed by atoms with Crippen molar-refractivity contribution in [3.8, 4) is 0 Å². The summed E-state index contributed by atoms with van der Waals surface area (Å²) in [6.07, 6.45) is 0.473. The van der Waals surface area contributed by atoms with Gasteiger partial charge in [-0.3, -0.25) is 9.59 Å². The largest absolute Gasteiger partial charge is 0.354 e. The second kappa shape index (κ2) is 8.81. The number of aromatic nitrogens is 2. The zero-order chi connectivity index (χ0) is 21.0. The minimum atomic E-state index is -0.977. The number of amides is 2. The molecule has 0 fully saturated rings. The fourth-order valence-corrected chi connectivity index (χ4v) is 3.00. The molecule has 1 aromatic heterocycles. The van der Waals surface area contributed by atoms with E-state index in [0.29, 0.717) is 13.0 Å². The monoisotopic (exact) mass is 400 g/mol. The highest BCUT2D eigenvalue weighted by Gasteiger charge is 2.27. The number of nitrogens with one attached hydrogen (secondary N) is 3. The number of nitrogens with zero attached hydrogens (tertiary/aromatic N) is 1. The summed E-state index contributed by atoms with van der Waals surface area (Å²) in [5.74, 6) is -2.90. The third-order valence-electron chi connectivity index (χ3n) is 4.53. The Morgan fingerprint density at radius 2 is 1.76 bits per heavy atom. The Morgan fingerprint density at radius 1 is 1.07 bits per heavy atom. The first-order chi connectivity index (χ1) is 13.9. The van der Waals surface area contributed by atoms with Gasteiger partial charge in [0.2, 0.25) is 5.91 Å². The molecule has 0 saturated heterocycles. The van der Waals surface area contributed by atoms with Crippen molar-refractivity contribution in [3.63, 3.8) is 0 Å². The average molecular weight is 400 g/mol. The fourth-order valence-electron chi connectivity index (χ4n) is 3.00.